The van der Waals surface area contributed by atoms with Gasteiger partial charge in [-0.2, -0.15) is 0 Å². The van der Waals surface area contributed by atoms with Crippen molar-refractivity contribution in [1.29, 1.82) is 0 Å². The zero-order valence-corrected chi connectivity index (χ0v) is 9.32. The molecule has 0 amide bonds. The van der Waals surface area contributed by atoms with E-state index in [0.717, 1.165) is 22.4 Å². The highest BCUT2D eigenvalue weighted by atomic mass is 79.9. The van der Waals surface area contributed by atoms with Crippen molar-refractivity contribution in [3.05, 3.63) is 45.9 Å². The molecule has 0 radical (unpaired) electrons. The lowest BCUT2D eigenvalue weighted by molar-refractivity contribution is 0.112. The molecular formula is C12H7BrO2. The summed E-state index contributed by atoms with van der Waals surface area (Å²) in [7, 11) is 0. The van der Waals surface area contributed by atoms with Crippen LogP contribution in [0.2, 0.25) is 0 Å². The molecule has 0 N–H and O–H groups in total. The molecule has 0 spiro atoms. The molecule has 0 aliphatic heterocycles. The average Bonchev–Trinajstić information content (AvgIpc) is 2.29. The fourth-order valence-corrected chi connectivity index (χ4v) is 2.09. The SMILES string of the molecule is O=Cc1cccc2c(Br)ccc(C=O)c12. The molecule has 0 heterocycles. The van der Waals surface area contributed by atoms with Crippen LogP contribution in [0.3, 0.4) is 0 Å². The fraction of sp³-hybridized carbons (Fsp3) is 0. The third kappa shape index (κ3) is 1.59. The van der Waals surface area contributed by atoms with Gasteiger partial charge in [0, 0.05) is 21.0 Å². The van der Waals surface area contributed by atoms with Crippen LogP contribution in [0.1, 0.15) is 20.7 Å². The summed E-state index contributed by atoms with van der Waals surface area (Å²) in [6.07, 6.45) is 1.53. The summed E-state index contributed by atoms with van der Waals surface area (Å²) < 4.78 is 0.881. The van der Waals surface area contributed by atoms with E-state index < -0.39 is 0 Å². The number of halogens is 1. The van der Waals surface area contributed by atoms with Gasteiger partial charge in [0.1, 0.15) is 0 Å². The Bertz CT molecular complexity index is 532. The Kier molecular flexibility index (Phi) is 2.64. The fourth-order valence-electron chi connectivity index (χ4n) is 1.62. The lowest BCUT2D eigenvalue weighted by Crippen LogP contribution is -1.90. The Morgan fingerprint density at radius 2 is 1.60 bits per heavy atom. The molecule has 0 aliphatic carbocycles. The van der Waals surface area contributed by atoms with Gasteiger partial charge in [-0.3, -0.25) is 9.59 Å². The second-order valence-electron chi connectivity index (χ2n) is 3.14. The quantitative estimate of drug-likeness (QED) is 0.779. The lowest BCUT2D eigenvalue weighted by atomic mass is 10.0. The Labute approximate surface area is 95.0 Å². The van der Waals surface area contributed by atoms with Crippen molar-refractivity contribution in [2.24, 2.45) is 0 Å². The average molecular weight is 263 g/mol. The van der Waals surface area contributed by atoms with E-state index in [1.54, 1.807) is 24.3 Å². The van der Waals surface area contributed by atoms with E-state index in [1.165, 1.54) is 0 Å². The van der Waals surface area contributed by atoms with Crippen LogP contribution < -0.4 is 0 Å². The van der Waals surface area contributed by atoms with E-state index in [0.29, 0.717) is 16.5 Å². The molecule has 0 aromatic heterocycles. The van der Waals surface area contributed by atoms with Gasteiger partial charge in [0.15, 0.2) is 12.6 Å². The number of rotatable bonds is 2. The minimum atomic E-state index is 0.538. The maximum Gasteiger partial charge on any atom is 0.150 e. The summed E-state index contributed by atoms with van der Waals surface area (Å²) in [4.78, 5) is 21.7. The van der Waals surface area contributed by atoms with E-state index >= 15 is 0 Å². The molecule has 2 aromatic carbocycles. The summed E-state index contributed by atoms with van der Waals surface area (Å²) in [5, 5.41) is 1.58. The van der Waals surface area contributed by atoms with Crippen molar-refractivity contribution >= 4 is 39.3 Å². The molecule has 0 atom stereocenters. The molecule has 74 valence electrons. The van der Waals surface area contributed by atoms with Gasteiger partial charge in [0.25, 0.3) is 0 Å². The van der Waals surface area contributed by atoms with E-state index in [1.807, 2.05) is 6.07 Å². The zero-order valence-electron chi connectivity index (χ0n) is 7.74. The van der Waals surface area contributed by atoms with E-state index in [4.69, 9.17) is 0 Å². The maximum atomic E-state index is 10.9. The first-order chi connectivity index (χ1) is 7.27. The van der Waals surface area contributed by atoms with Gasteiger partial charge in [0.05, 0.1) is 0 Å². The summed E-state index contributed by atoms with van der Waals surface area (Å²) in [5.41, 5.74) is 1.08. The largest absolute Gasteiger partial charge is 0.298 e. The highest BCUT2D eigenvalue weighted by Gasteiger charge is 2.07. The van der Waals surface area contributed by atoms with Crippen LogP contribution in [0.25, 0.3) is 10.8 Å². The molecule has 2 aromatic rings. The summed E-state index contributed by atoms with van der Waals surface area (Å²) in [5.74, 6) is 0. The number of hydrogen-bond acceptors (Lipinski definition) is 2. The van der Waals surface area contributed by atoms with Crippen molar-refractivity contribution in [2.45, 2.75) is 0 Å². The van der Waals surface area contributed by atoms with Crippen LogP contribution in [0.15, 0.2) is 34.8 Å². The van der Waals surface area contributed by atoms with Crippen molar-refractivity contribution in [3.8, 4) is 0 Å². The number of hydrogen-bond donors (Lipinski definition) is 0. The molecule has 0 bridgehead atoms. The minimum absolute atomic E-state index is 0.538. The van der Waals surface area contributed by atoms with Gasteiger partial charge in [-0.25, -0.2) is 0 Å². The van der Waals surface area contributed by atoms with Crippen LogP contribution in [0.4, 0.5) is 0 Å². The molecule has 0 saturated carbocycles. The first-order valence-corrected chi connectivity index (χ1v) is 5.19. The minimum Gasteiger partial charge on any atom is -0.298 e. The second kappa shape index (κ2) is 3.95. The Hall–Kier alpha value is -1.48. The Morgan fingerprint density at radius 3 is 2.27 bits per heavy atom. The smallest absolute Gasteiger partial charge is 0.150 e. The van der Waals surface area contributed by atoms with Crippen molar-refractivity contribution < 1.29 is 9.59 Å². The van der Waals surface area contributed by atoms with Gasteiger partial charge < -0.3 is 0 Å². The number of benzene rings is 2. The van der Waals surface area contributed by atoms with Crippen LogP contribution >= 0.6 is 15.9 Å². The van der Waals surface area contributed by atoms with Crippen LogP contribution in [-0.2, 0) is 0 Å². The van der Waals surface area contributed by atoms with Crippen LogP contribution in [-0.4, -0.2) is 12.6 Å². The lowest BCUT2D eigenvalue weighted by Gasteiger charge is -2.05. The highest BCUT2D eigenvalue weighted by molar-refractivity contribution is 9.10. The molecule has 0 aliphatic rings. The summed E-state index contributed by atoms with van der Waals surface area (Å²) in [6.45, 7) is 0. The predicted octanol–water partition coefficient (Wildman–Crippen LogP) is 3.23. The highest BCUT2D eigenvalue weighted by Crippen LogP contribution is 2.28. The molecule has 2 rings (SSSR count). The molecule has 0 unspecified atom stereocenters. The van der Waals surface area contributed by atoms with Crippen LogP contribution in [0, 0.1) is 0 Å². The van der Waals surface area contributed by atoms with Gasteiger partial charge in [0.2, 0.25) is 0 Å². The maximum absolute atomic E-state index is 10.9. The summed E-state index contributed by atoms with van der Waals surface area (Å²) >= 11 is 3.39. The molecule has 15 heavy (non-hydrogen) atoms. The zero-order chi connectivity index (χ0) is 10.8. The Balaban J connectivity index is 3.00. The molecule has 3 heteroatoms. The third-order valence-electron chi connectivity index (χ3n) is 2.31. The van der Waals surface area contributed by atoms with E-state index in [9.17, 15) is 9.59 Å². The Morgan fingerprint density at radius 1 is 0.933 bits per heavy atom. The normalized spacial score (nSPS) is 10.2. The van der Waals surface area contributed by atoms with Crippen molar-refractivity contribution in [1.82, 2.24) is 0 Å². The first-order valence-electron chi connectivity index (χ1n) is 4.39. The number of carbonyl (C=O) groups is 2. The monoisotopic (exact) mass is 262 g/mol. The van der Waals surface area contributed by atoms with Gasteiger partial charge in [-0.05, 0) is 17.5 Å². The molecule has 2 nitrogen and oxygen atoms in total. The number of carbonyl (C=O) groups excluding carboxylic acids is 2. The molecule has 0 fully saturated rings. The van der Waals surface area contributed by atoms with Gasteiger partial charge in [-0.15, -0.1) is 0 Å². The number of fused-ring (bicyclic) bond motifs is 1. The predicted molar refractivity (Wildman–Crippen MR) is 62.4 cm³/mol. The van der Waals surface area contributed by atoms with Crippen LogP contribution in [0.5, 0.6) is 0 Å². The number of aldehydes is 2. The molecule has 0 saturated heterocycles. The summed E-state index contributed by atoms with van der Waals surface area (Å²) in [6, 6.07) is 8.88. The van der Waals surface area contributed by atoms with Crippen molar-refractivity contribution in [2.75, 3.05) is 0 Å². The van der Waals surface area contributed by atoms with Gasteiger partial charge >= 0.3 is 0 Å². The topological polar surface area (TPSA) is 34.1 Å². The van der Waals surface area contributed by atoms with E-state index in [-0.39, 0.29) is 0 Å². The first kappa shape index (κ1) is 10.1. The van der Waals surface area contributed by atoms with Gasteiger partial charge in [-0.1, -0.05) is 34.1 Å². The van der Waals surface area contributed by atoms with E-state index in [2.05, 4.69) is 15.9 Å². The standard InChI is InChI=1S/C12H7BrO2/c13-11-5-4-9(7-15)12-8(6-14)2-1-3-10(11)12/h1-7H. The second-order valence-corrected chi connectivity index (χ2v) is 4.00. The van der Waals surface area contributed by atoms with Crippen molar-refractivity contribution in [3.63, 3.8) is 0 Å². The molecular weight excluding hydrogens is 256 g/mol. The third-order valence-corrected chi connectivity index (χ3v) is 3.00.